The van der Waals surface area contributed by atoms with Crippen molar-refractivity contribution in [2.45, 2.75) is 12.8 Å². The maximum absolute atomic E-state index is 5.34. The van der Waals surface area contributed by atoms with E-state index < -0.39 is 0 Å². The number of rotatable bonds is 5. The minimum Gasteiger partial charge on any atom is -0.353 e. The van der Waals surface area contributed by atoms with Gasteiger partial charge < -0.3 is 11.1 Å². The Morgan fingerprint density at radius 2 is 2.33 bits per heavy atom. The monoisotopic (exact) mass is 170 g/mol. The molecule has 0 aliphatic heterocycles. The van der Waals surface area contributed by atoms with E-state index in [1.54, 1.807) is 11.7 Å². The third-order valence-electron chi connectivity index (χ3n) is 1.53. The number of nitrogens with two attached hydrogens (primary N) is 1. The van der Waals surface area contributed by atoms with Gasteiger partial charge in [-0.2, -0.15) is 0 Å². The van der Waals surface area contributed by atoms with E-state index in [1.807, 2.05) is 0 Å². The molecule has 0 fully saturated rings. The quantitative estimate of drug-likeness (QED) is 0.574. The maximum atomic E-state index is 5.34. The summed E-state index contributed by atoms with van der Waals surface area (Å²) in [4.78, 5) is 0. The highest BCUT2D eigenvalue weighted by Crippen LogP contribution is 1.95. The van der Waals surface area contributed by atoms with E-state index in [0.29, 0.717) is 5.95 Å². The van der Waals surface area contributed by atoms with Gasteiger partial charge in [0.25, 0.3) is 0 Å². The lowest BCUT2D eigenvalue weighted by molar-refractivity contribution is 0.707. The molecule has 12 heavy (non-hydrogen) atoms. The maximum Gasteiger partial charge on any atom is 0.242 e. The predicted octanol–water partition coefficient (Wildman–Crippen LogP) is -0.639. The average molecular weight is 170 g/mol. The fourth-order valence-electron chi connectivity index (χ4n) is 0.849. The van der Waals surface area contributed by atoms with Gasteiger partial charge in [0, 0.05) is 13.6 Å². The van der Waals surface area contributed by atoms with Crippen LogP contribution in [0.3, 0.4) is 0 Å². The van der Waals surface area contributed by atoms with Crippen LogP contribution in [-0.4, -0.2) is 33.3 Å². The molecule has 0 saturated heterocycles. The third kappa shape index (κ3) is 2.46. The Kier molecular flexibility index (Phi) is 3.46. The van der Waals surface area contributed by atoms with Crippen molar-refractivity contribution in [1.29, 1.82) is 0 Å². The minimum atomic E-state index is 0.701. The van der Waals surface area contributed by atoms with E-state index in [1.165, 1.54) is 0 Å². The summed E-state index contributed by atoms with van der Waals surface area (Å²) < 4.78 is 1.60. The molecule has 0 radical (unpaired) electrons. The summed E-state index contributed by atoms with van der Waals surface area (Å²) in [6.07, 6.45) is 2.07. The number of anilines is 1. The number of hydrogen-bond donors (Lipinski definition) is 2. The molecule has 0 aliphatic rings. The normalized spacial score (nSPS) is 10.2. The van der Waals surface area contributed by atoms with Gasteiger partial charge in [0.15, 0.2) is 0 Å². The Morgan fingerprint density at radius 3 is 2.92 bits per heavy atom. The lowest BCUT2D eigenvalue weighted by Crippen LogP contribution is -2.09. The molecular formula is C6H14N6. The minimum absolute atomic E-state index is 0.701. The average Bonchev–Trinajstić information content (AvgIpc) is 2.46. The standard InChI is InChI=1S/C6H14N6/c1-12-6(9-10-11-12)8-5-3-2-4-7/h2-5,7H2,1H3,(H,8,9,11). The van der Waals surface area contributed by atoms with Gasteiger partial charge in [-0.3, -0.25) is 0 Å². The largest absolute Gasteiger partial charge is 0.353 e. The highest BCUT2D eigenvalue weighted by Gasteiger charge is 1.98. The van der Waals surface area contributed by atoms with Crippen LogP contribution in [0.5, 0.6) is 0 Å². The highest BCUT2D eigenvalue weighted by molar-refractivity contribution is 5.20. The van der Waals surface area contributed by atoms with Gasteiger partial charge in [0.05, 0.1) is 0 Å². The van der Waals surface area contributed by atoms with Gasteiger partial charge in [-0.25, -0.2) is 4.68 Å². The molecule has 1 aromatic rings. The molecule has 0 spiro atoms. The predicted molar refractivity (Wildman–Crippen MR) is 45.6 cm³/mol. The van der Waals surface area contributed by atoms with E-state index in [4.69, 9.17) is 5.73 Å². The fourth-order valence-corrected chi connectivity index (χ4v) is 0.849. The molecule has 1 rings (SSSR count). The first-order chi connectivity index (χ1) is 5.84. The Labute approximate surface area is 71.1 Å². The number of unbranched alkanes of at least 4 members (excludes halogenated alkanes) is 1. The Balaban J connectivity index is 2.20. The Bertz CT molecular complexity index is 220. The molecule has 6 heteroatoms. The van der Waals surface area contributed by atoms with E-state index in [9.17, 15) is 0 Å². The first-order valence-electron chi connectivity index (χ1n) is 4.01. The summed E-state index contributed by atoms with van der Waals surface area (Å²) in [7, 11) is 1.80. The SMILES string of the molecule is Cn1nnnc1NCCCCN. The third-order valence-corrected chi connectivity index (χ3v) is 1.53. The van der Waals surface area contributed by atoms with Crippen LogP contribution < -0.4 is 11.1 Å². The summed E-state index contributed by atoms with van der Waals surface area (Å²) >= 11 is 0. The fraction of sp³-hybridized carbons (Fsp3) is 0.833. The number of aryl methyl sites for hydroxylation is 1. The van der Waals surface area contributed by atoms with Crippen molar-refractivity contribution in [2.75, 3.05) is 18.4 Å². The summed E-state index contributed by atoms with van der Waals surface area (Å²) in [5.41, 5.74) is 5.34. The summed E-state index contributed by atoms with van der Waals surface area (Å²) in [6.45, 7) is 1.60. The zero-order valence-corrected chi connectivity index (χ0v) is 7.19. The van der Waals surface area contributed by atoms with Gasteiger partial charge in [-0.05, 0) is 29.8 Å². The lowest BCUT2D eigenvalue weighted by atomic mass is 10.3. The van der Waals surface area contributed by atoms with E-state index in [-0.39, 0.29) is 0 Å². The van der Waals surface area contributed by atoms with E-state index in [2.05, 4.69) is 20.8 Å². The molecule has 3 N–H and O–H groups in total. The molecule has 0 amide bonds. The second-order valence-corrected chi connectivity index (χ2v) is 2.55. The van der Waals surface area contributed by atoms with Crippen LogP contribution >= 0.6 is 0 Å². The van der Waals surface area contributed by atoms with Crippen LogP contribution in [0.25, 0.3) is 0 Å². The summed E-state index contributed by atoms with van der Waals surface area (Å²) in [5, 5.41) is 14.1. The first kappa shape index (κ1) is 8.92. The van der Waals surface area contributed by atoms with Crippen molar-refractivity contribution >= 4 is 5.95 Å². The van der Waals surface area contributed by atoms with Crippen molar-refractivity contribution in [3.8, 4) is 0 Å². The molecule has 1 aromatic heterocycles. The highest BCUT2D eigenvalue weighted by atomic mass is 15.6. The van der Waals surface area contributed by atoms with Gasteiger partial charge in [0.1, 0.15) is 0 Å². The van der Waals surface area contributed by atoms with Gasteiger partial charge in [0.2, 0.25) is 5.95 Å². The number of tetrazole rings is 1. The summed E-state index contributed by atoms with van der Waals surface area (Å²) in [6, 6.07) is 0. The van der Waals surface area contributed by atoms with Crippen LogP contribution in [-0.2, 0) is 7.05 Å². The lowest BCUT2D eigenvalue weighted by Gasteiger charge is -2.01. The van der Waals surface area contributed by atoms with Gasteiger partial charge in [-0.1, -0.05) is 5.10 Å². The van der Waals surface area contributed by atoms with Gasteiger partial charge in [-0.15, -0.1) is 0 Å². The van der Waals surface area contributed by atoms with Crippen LogP contribution in [0.15, 0.2) is 0 Å². The van der Waals surface area contributed by atoms with Crippen molar-refractivity contribution in [3.05, 3.63) is 0 Å². The number of nitrogens with zero attached hydrogens (tertiary/aromatic N) is 4. The Hall–Kier alpha value is -1.17. The number of nitrogens with one attached hydrogen (secondary N) is 1. The van der Waals surface area contributed by atoms with Crippen molar-refractivity contribution in [1.82, 2.24) is 20.2 Å². The molecule has 68 valence electrons. The van der Waals surface area contributed by atoms with Crippen LogP contribution in [0.1, 0.15) is 12.8 Å². The summed E-state index contributed by atoms with van der Waals surface area (Å²) in [5.74, 6) is 0.701. The second kappa shape index (κ2) is 4.66. The van der Waals surface area contributed by atoms with Crippen molar-refractivity contribution in [2.24, 2.45) is 12.8 Å². The molecule has 1 heterocycles. The number of hydrogen-bond acceptors (Lipinski definition) is 5. The van der Waals surface area contributed by atoms with Gasteiger partial charge >= 0.3 is 0 Å². The van der Waals surface area contributed by atoms with E-state index in [0.717, 1.165) is 25.9 Å². The molecule has 0 bridgehead atoms. The van der Waals surface area contributed by atoms with Crippen LogP contribution in [0, 0.1) is 0 Å². The molecule has 0 saturated carbocycles. The van der Waals surface area contributed by atoms with Crippen LogP contribution in [0.4, 0.5) is 5.95 Å². The molecular weight excluding hydrogens is 156 g/mol. The molecule has 0 unspecified atom stereocenters. The zero-order valence-electron chi connectivity index (χ0n) is 7.19. The topological polar surface area (TPSA) is 81.7 Å². The molecule has 0 aliphatic carbocycles. The molecule has 0 atom stereocenters. The zero-order chi connectivity index (χ0) is 8.81. The van der Waals surface area contributed by atoms with Crippen molar-refractivity contribution < 1.29 is 0 Å². The number of aromatic nitrogens is 4. The van der Waals surface area contributed by atoms with Crippen molar-refractivity contribution in [3.63, 3.8) is 0 Å². The smallest absolute Gasteiger partial charge is 0.242 e. The van der Waals surface area contributed by atoms with E-state index >= 15 is 0 Å². The Morgan fingerprint density at radius 1 is 1.50 bits per heavy atom. The molecule has 6 nitrogen and oxygen atoms in total. The second-order valence-electron chi connectivity index (χ2n) is 2.55. The molecule has 0 aromatic carbocycles. The first-order valence-corrected chi connectivity index (χ1v) is 4.01. The van der Waals surface area contributed by atoms with Crippen LogP contribution in [0.2, 0.25) is 0 Å².